The quantitative estimate of drug-likeness (QED) is 0.914. The lowest BCUT2D eigenvalue weighted by Gasteiger charge is -2.06. The topological polar surface area (TPSA) is 63.1 Å². The molecule has 0 aliphatic carbocycles. The van der Waals surface area contributed by atoms with Crippen molar-refractivity contribution in [1.82, 2.24) is 9.36 Å². The lowest BCUT2D eigenvalue weighted by molar-refractivity contribution is -0.137. The Labute approximate surface area is 103 Å². The minimum Gasteiger partial charge on any atom is -0.475 e. The Hall–Kier alpha value is -1.96. The van der Waals surface area contributed by atoms with E-state index in [1.807, 2.05) is 0 Å². The minimum absolute atomic E-state index is 0.138. The molecule has 1 aromatic heterocycles. The standard InChI is InChI=1S/C10H5F3N2O2S/c11-10(12,13)6-3-1-2-5(4-6)8-14-7(9(16)17)15-18-8/h1-4H,(H,16,17). The fourth-order valence-corrected chi connectivity index (χ4v) is 1.91. The fourth-order valence-electron chi connectivity index (χ4n) is 1.26. The van der Waals surface area contributed by atoms with E-state index in [1.165, 1.54) is 12.1 Å². The van der Waals surface area contributed by atoms with Crippen LogP contribution >= 0.6 is 11.5 Å². The molecular weight excluding hydrogens is 269 g/mol. The predicted octanol–water partition coefficient (Wildman–Crippen LogP) is 2.92. The first kappa shape index (κ1) is 12.5. The van der Waals surface area contributed by atoms with Gasteiger partial charge < -0.3 is 5.11 Å². The third-order valence-electron chi connectivity index (χ3n) is 2.05. The summed E-state index contributed by atoms with van der Waals surface area (Å²) in [4.78, 5) is 14.2. The first-order chi connectivity index (χ1) is 8.38. The highest BCUT2D eigenvalue weighted by Gasteiger charge is 2.30. The number of rotatable bonds is 2. The number of benzene rings is 1. The Balaban J connectivity index is 2.41. The third kappa shape index (κ3) is 2.48. The Bertz CT molecular complexity index is 595. The molecule has 0 atom stereocenters. The summed E-state index contributed by atoms with van der Waals surface area (Å²) in [6.45, 7) is 0. The molecule has 0 saturated carbocycles. The van der Waals surface area contributed by atoms with E-state index in [1.54, 1.807) is 0 Å². The second-order valence-electron chi connectivity index (χ2n) is 3.31. The first-order valence-corrected chi connectivity index (χ1v) is 5.40. The van der Waals surface area contributed by atoms with Gasteiger partial charge in [-0.15, -0.1) is 0 Å². The van der Waals surface area contributed by atoms with E-state index >= 15 is 0 Å². The molecule has 0 saturated heterocycles. The Morgan fingerprint density at radius 3 is 2.61 bits per heavy atom. The van der Waals surface area contributed by atoms with Gasteiger partial charge in [-0.2, -0.15) is 17.5 Å². The molecule has 0 radical (unpaired) electrons. The van der Waals surface area contributed by atoms with Gasteiger partial charge in [0.1, 0.15) is 5.01 Å². The van der Waals surface area contributed by atoms with Crippen molar-refractivity contribution in [2.45, 2.75) is 6.18 Å². The second kappa shape index (κ2) is 4.37. The number of hydrogen-bond acceptors (Lipinski definition) is 4. The van der Waals surface area contributed by atoms with E-state index in [4.69, 9.17) is 5.11 Å². The summed E-state index contributed by atoms with van der Waals surface area (Å²) in [5.74, 6) is -1.74. The van der Waals surface area contributed by atoms with Gasteiger partial charge in [0, 0.05) is 5.56 Å². The van der Waals surface area contributed by atoms with E-state index in [2.05, 4.69) is 9.36 Å². The highest BCUT2D eigenvalue weighted by Crippen LogP contribution is 2.32. The Morgan fingerprint density at radius 2 is 2.06 bits per heavy atom. The monoisotopic (exact) mass is 274 g/mol. The van der Waals surface area contributed by atoms with Crippen LogP contribution in [-0.4, -0.2) is 20.4 Å². The normalized spacial score (nSPS) is 11.5. The Morgan fingerprint density at radius 1 is 1.33 bits per heavy atom. The van der Waals surface area contributed by atoms with Crippen LogP contribution in [0.5, 0.6) is 0 Å². The maximum absolute atomic E-state index is 12.5. The summed E-state index contributed by atoms with van der Waals surface area (Å²) >= 11 is 0.741. The van der Waals surface area contributed by atoms with Gasteiger partial charge in [-0.05, 0) is 23.7 Å². The van der Waals surface area contributed by atoms with Crippen molar-refractivity contribution in [2.75, 3.05) is 0 Å². The number of alkyl halides is 3. The van der Waals surface area contributed by atoms with Crippen molar-refractivity contribution in [3.63, 3.8) is 0 Å². The van der Waals surface area contributed by atoms with E-state index in [-0.39, 0.29) is 10.6 Å². The van der Waals surface area contributed by atoms with E-state index in [9.17, 15) is 18.0 Å². The van der Waals surface area contributed by atoms with Gasteiger partial charge in [-0.1, -0.05) is 12.1 Å². The van der Waals surface area contributed by atoms with E-state index in [0.29, 0.717) is 0 Å². The van der Waals surface area contributed by atoms with Gasteiger partial charge in [0.25, 0.3) is 5.82 Å². The third-order valence-corrected chi connectivity index (χ3v) is 2.82. The lowest BCUT2D eigenvalue weighted by atomic mass is 10.1. The van der Waals surface area contributed by atoms with Crippen LogP contribution < -0.4 is 0 Å². The summed E-state index contributed by atoms with van der Waals surface area (Å²) < 4.78 is 41.0. The van der Waals surface area contributed by atoms with Crippen molar-refractivity contribution < 1.29 is 23.1 Å². The largest absolute Gasteiger partial charge is 0.475 e. The molecule has 0 amide bonds. The number of hydrogen-bond donors (Lipinski definition) is 1. The van der Waals surface area contributed by atoms with Crippen molar-refractivity contribution in [2.24, 2.45) is 0 Å². The smallest absolute Gasteiger partial charge is 0.416 e. The number of carbonyl (C=O) groups is 1. The van der Waals surface area contributed by atoms with Crippen LogP contribution in [-0.2, 0) is 6.18 Å². The molecule has 0 bridgehead atoms. The molecule has 0 aliphatic heterocycles. The van der Waals surface area contributed by atoms with Gasteiger partial charge in [0.15, 0.2) is 0 Å². The SMILES string of the molecule is O=C(O)c1nsc(-c2cccc(C(F)(F)F)c2)n1. The molecular formula is C10H5F3N2O2S. The van der Waals surface area contributed by atoms with Crippen LogP contribution in [0.4, 0.5) is 13.2 Å². The average Bonchev–Trinajstić information content (AvgIpc) is 2.77. The molecule has 0 unspecified atom stereocenters. The second-order valence-corrected chi connectivity index (χ2v) is 4.06. The van der Waals surface area contributed by atoms with Crippen molar-refractivity contribution in [3.05, 3.63) is 35.7 Å². The van der Waals surface area contributed by atoms with Crippen LogP contribution in [0.15, 0.2) is 24.3 Å². The zero-order valence-corrected chi connectivity index (χ0v) is 9.42. The Kier molecular flexibility index (Phi) is 3.04. The maximum Gasteiger partial charge on any atom is 0.416 e. The molecule has 1 heterocycles. The average molecular weight is 274 g/mol. The van der Waals surface area contributed by atoms with Crippen LogP contribution in [0.1, 0.15) is 16.2 Å². The molecule has 18 heavy (non-hydrogen) atoms. The fraction of sp³-hybridized carbons (Fsp3) is 0.100. The number of nitrogens with zero attached hydrogens (tertiary/aromatic N) is 2. The van der Waals surface area contributed by atoms with Crippen LogP contribution in [0, 0.1) is 0 Å². The van der Waals surface area contributed by atoms with Crippen molar-refractivity contribution >= 4 is 17.5 Å². The number of aromatic carboxylic acids is 1. The number of carboxylic acids is 1. The summed E-state index contributed by atoms with van der Waals surface area (Å²) in [5.41, 5.74) is -0.623. The summed E-state index contributed by atoms with van der Waals surface area (Å²) in [7, 11) is 0. The molecule has 0 aliphatic rings. The molecule has 0 spiro atoms. The van der Waals surface area contributed by atoms with Gasteiger partial charge in [-0.3, -0.25) is 0 Å². The molecule has 1 N–H and O–H groups in total. The van der Waals surface area contributed by atoms with E-state index in [0.717, 1.165) is 23.7 Å². The highest BCUT2D eigenvalue weighted by atomic mass is 32.1. The molecule has 94 valence electrons. The number of halogens is 3. The first-order valence-electron chi connectivity index (χ1n) is 4.62. The maximum atomic E-state index is 12.5. The van der Waals surface area contributed by atoms with Gasteiger partial charge in [0.05, 0.1) is 5.56 Å². The van der Waals surface area contributed by atoms with Crippen LogP contribution in [0.2, 0.25) is 0 Å². The summed E-state index contributed by atoms with van der Waals surface area (Å²) in [6.07, 6.45) is -4.45. The number of aromatic nitrogens is 2. The zero-order chi connectivity index (χ0) is 13.3. The van der Waals surface area contributed by atoms with Gasteiger partial charge >= 0.3 is 12.1 Å². The highest BCUT2D eigenvalue weighted by molar-refractivity contribution is 7.09. The molecule has 1 aromatic carbocycles. The predicted molar refractivity (Wildman–Crippen MR) is 57.3 cm³/mol. The van der Waals surface area contributed by atoms with Crippen LogP contribution in [0.25, 0.3) is 10.6 Å². The lowest BCUT2D eigenvalue weighted by Crippen LogP contribution is -2.04. The molecule has 4 nitrogen and oxygen atoms in total. The van der Waals surface area contributed by atoms with Crippen molar-refractivity contribution in [3.8, 4) is 10.6 Å². The minimum atomic E-state index is -4.45. The summed E-state index contributed by atoms with van der Waals surface area (Å²) in [5, 5.41) is 8.77. The van der Waals surface area contributed by atoms with Gasteiger partial charge in [0.2, 0.25) is 0 Å². The zero-order valence-electron chi connectivity index (χ0n) is 8.60. The molecule has 8 heteroatoms. The van der Waals surface area contributed by atoms with E-state index < -0.39 is 23.5 Å². The number of carboxylic acid groups (broad SMARTS) is 1. The van der Waals surface area contributed by atoms with Crippen molar-refractivity contribution in [1.29, 1.82) is 0 Å². The molecule has 2 aromatic rings. The summed E-state index contributed by atoms with van der Waals surface area (Å²) in [6, 6.07) is 4.50. The van der Waals surface area contributed by atoms with Crippen LogP contribution in [0.3, 0.4) is 0 Å². The molecule has 0 fully saturated rings. The molecule has 2 rings (SSSR count). The van der Waals surface area contributed by atoms with Gasteiger partial charge in [-0.25, -0.2) is 9.78 Å².